The van der Waals surface area contributed by atoms with Gasteiger partial charge in [-0.2, -0.15) is 5.10 Å². The molecule has 5 rings (SSSR count). The van der Waals surface area contributed by atoms with Gasteiger partial charge in [0.1, 0.15) is 5.75 Å². The Hall–Kier alpha value is -3.20. The second-order valence-corrected chi connectivity index (χ2v) is 9.87. The van der Waals surface area contributed by atoms with E-state index in [1.807, 2.05) is 29.1 Å². The Kier molecular flexibility index (Phi) is 7.42. The Morgan fingerprint density at radius 1 is 0.971 bits per heavy atom. The molecule has 1 aliphatic heterocycles. The summed E-state index contributed by atoms with van der Waals surface area (Å²) in [4.78, 5) is 12.3. The minimum atomic E-state index is 0.755. The van der Waals surface area contributed by atoms with Crippen LogP contribution in [-0.2, 0) is 19.6 Å². The molecule has 1 saturated heterocycles. The van der Waals surface area contributed by atoms with Gasteiger partial charge in [0.15, 0.2) is 5.13 Å². The van der Waals surface area contributed by atoms with E-state index in [9.17, 15) is 0 Å². The lowest BCUT2D eigenvalue weighted by molar-refractivity contribution is 0.147. The van der Waals surface area contributed by atoms with E-state index in [-0.39, 0.29) is 0 Å². The van der Waals surface area contributed by atoms with Crippen LogP contribution in [0.1, 0.15) is 16.8 Å². The molecule has 2 aromatic carbocycles. The van der Waals surface area contributed by atoms with Gasteiger partial charge in [0.25, 0.3) is 0 Å². The number of rotatable bonds is 9. The van der Waals surface area contributed by atoms with E-state index < -0.39 is 0 Å². The third-order valence-electron chi connectivity index (χ3n) is 6.35. The second kappa shape index (κ2) is 11.0. The van der Waals surface area contributed by atoms with Gasteiger partial charge >= 0.3 is 0 Å². The molecule has 0 bridgehead atoms. The van der Waals surface area contributed by atoms with Crippen LogP contribution in [0.3, 0.4) is 0 Å². The van der Waals surface area contributed by atoms with Crippen molar-refractivity contribution in [1.29, 1.82) is 0 Å². The normalized spacial score (nSPS) is 14.8. The molecule has 0 aliphatic carbocycles. The van der Waals surface area contributed by atoms with Gasteiger partial charge in [-0.1, -0.05) is 24.3 Å². The van der Waals surface area contributed by atoms with E-state index in [0.717, 1.165) is 68.1 Å². The highest BCUT2D eigenvalue weighted by atomic mass is 32.1. The molecule has 3 heterocycles. The molecule has 0 amide bonds. The van der Waals surface area contributed by atoms with E-state index in [0.29, 0.717) is 0 Å². The van der Waals surface area contributed by atoms with Gasteiger partial charge in [0, 0.05) is 63.6 Å². The summed E-state index contributed by atoms with van der Waals surface area (Å²) in [7, 11) is 3.90. The van der Waals surface area contributed by atoms with Gasteiger partial charge in [-0.3, -0.25) is 4.90 Å². The highest BCUT2D eigenvalue weighted by Crippen LogP contribution is 2.27. The molecule has 0 unspecified atom stereocenters. The summed E-state index contributed by atoms with van der Waals surface area (Å²) >= 11 is 1.73. The van der Waals surface area contributed by atoms with Crippen molar-refractivity contribution < 1.29 is 4.74 Å². The lowest BCUT2D eigenvalue weighted by Gasteiger charge is -2.31. The Labute approximate surface area is 211 Å². The van der Waals surface area contributed by atoms with Crippen molar-refractivity contribution in [2.24, 2.45) is 0 Å². The molecule has 182 valence electrons. The van der Waals surface area contributed by atoms with Crippen molar-refractivity contribution >= 4 is 16.5 Å². The molecule has 35 heavy (non-hydrogen) atoms. The van der Waals surface area contributed by atoms with Gasteiger partial charge < -0.3 is 14.5 Å². The molecule has 1 fully saturated rings. The highest BCUT2D eigenvalue weighted by molar-refractivity contribution is 7.13. The van der Waals surface area contributed by atoms with Crippen LogP contribution in [-0.4, -0.2) is 64.9 Å². The Balaban J connectivity index is 1.37. The van der Waals surface area contributed by atoms with Gasteiger partial charge in [-0.15, -0.1) is 11.3 Å². The van der Waals surface area contributed by atoms with Crippen LogP contribution >= 0.6 is 11.3 Å². The molecule has 7 nitrogen and oxygen atoms in total. The molecule has 0 saturated carbocycles. The number of methoxy groups -OCH3 is 1. The number of anilines is 1. The molecule has 0 N–H and O–H groups in total. The molecule has 0 spiro atoms. The maximum Gasteiger partial charge on any atom is 0.186 e. The van der Waals surface area contributed by atoms with Crippen molar-refractivity contribution in [3.63, 3.8) is 0 Å². The molecule has 2 aromatic heterocycles. The van der Waals surface area contributed by atoms with Crippen molar-refractivity contribution in [3.8, 4) is 11.4 Å². The molecule has 8 heteroatoms. The van der Waals surface area contributed by atoms with E-state index in [1.165, 1.54) is 11.1 Å². The molecule has 0 atom stereocenters. The summed E-state index contributed by atoms with van der Waals surface area (Å²) in [5, 5.41) is 7.64. The van der Waals surface area contributed by atoms with Crippen molar-refractivity contribution in [1.82, 2.24) is 24.6 Å². The monoisotopic (exact) mass is 488 g/mol. The van der Waals surface area contributed by atoms with Crippen LogP contribution in [0.15, 0.2) is 72.4 Å². The highest BCUT2D eigenvalue weighted by Gasteiger charge is 2.18. The predicted molar refractivity (Wildman–Crippen MR) is 141 cm³/mol. The lowest BCUT2D eigenvalue weighted by atomic mass is 10.1. The summed E-state index contributed by atoms with van der Waals surface area (Å²) in [6.07, 6.45) is 3.78. The van der Waals surface area contributed by atoms with Crippen molar-refractivity contribution in [3.05, 3.63) is 89.2 Å². The molecule has 4 aromatic rings. The minimum absolute atomic E-state index is 0.755. The topological polar surface area (TPSA) is 49.7 Å². The average Bonchev–Trinajstić information content (AvgIpc) is 3.58. The summed E-state index contributed by atoms with van der Waals surface area (Å²) < 4.78 is 7.36. The number of aromatic nitrogens is 3. The van der Waals surface area contributed by atoms with Gasteiger partial charge in [-0.25, -0.2) is 9.67 Å². The van der Waals surface area contributed by atoms with E-state index in [1.54, 1.807) is 24.6 Å². The second-order valence-electron chi connectivity index (χ2n) is 9.03. The number of benzene rings is 2. The fourth-order valence-electron chi connectivity index (χ4n) is 4.37. The zero-order valence-corrected chi connectivity index (χ0v) is 21.2. The van der Waals surface area contributed by atoms with Gasteiger partial charge in [0.2, 0.25) is 0 Å². The zero-order valence-electron chi connectivity index (χ0n) is 20.4. The Bertz CT molecular complexity index is 1220. The first kappa shape index (κ1) is 23.5. The van der Waals surface area contributed by atoms with Crippen LogP contribution in [0.4, 0.5) is 5.13 Å². The maximum absolute atomic E-state index is 5.46. The third-order valence-corrected chi connectivity index (χ3v) is 7.30. The number of hydrogen-bond donors (Lipinski definition) is 0. The number of ether oxygens (including phenoxy) is 1. The number of piperazine rings is 1. The SMILES string of the molecule is COc1cccc(CN(Cc2cccc(-n3cccn3)c2)c2nc(CN3CCN(C)CC3)cs2)c1. The zero-order chi connectivity index (χ0) is 24.0. The Morgan fingerprint density at radius 2 is 1.74 bits per heavy atom. The lowest BCUT2D eigenvalue weighted by Crippen LogP contribution is -2.43. The van der Waals surface area contributed by atoms with Crippen LogP contribution < -0.4 is 9.64 Å². The number of nitrogens with zero attached hydrogens (tertiary/aromatic N) is 6. The fourth-order valence-corrected chi connectivity index (χ4v) is 5.19. The van der Waals surface area contributed by atoms with Crippen molar-refractivity contribution in [2.45, 2.75) is 19.6 Å². The number of likely N-dealkylation sites (N-methyl/N-ethyl adjacent to an activating group) is 1. The van der Waals surface area contributed by atoms with Gasteiger partial charge in [-0.05, 0) is 48.5 Å². The maximum atomic E-state index is 5.46. The first-order valence-electron chi connectivity index (χ1n) is 12.0. The van der Waals surface area contributed by atoms with E-state index in [4.69, 9.17) is 9.72 Å². The quantitative estimate of drug-likeness (QED) is 0.350. The third kappa shape index (κ3) is 6.08. The molecule has 0 radical (unpaired) electrons. The van der Waals surface area contributed by atoms with Crippen LogP contribution in [0.2, 0.25) is 0 Å². The molecular formula is C27H32N6OS. The largest absolute Gasteiger partial charge is 0.497 e. The van der Waals surface area contributed by atoms with Crippen LogP contribution in [0.5, 0.6) is 5.75 Å². The first-order valence-corrected chi connectivity index (χ1v) is 12.9. The Morgan fingerprint density at radius 3 is 2.49 bits per heavy atom. The molecule has 1 aliphatic rings. The summed E-state index contributed by atoms with van der Waals surface area (Å²) in [5.41, 5.74) is 4.62. The summed E-state index contributed by atoms with van der Waals surface area (Å²) in [6, 6.07) is 18.8. The van der Waals surface area contributed by atoms with Gasteiger partial charge in [0.05, 0.1) is 18.5 Å². The van der Waals surface area contributed by atoms with Crippen molar-refractivity contribution in [2.75, 3.05) is 45.2 Å². The van der Waals surface area contributed by atoms with Crippen LogP contribution in [0, 0.1) is 0 Å². The van der Waals surface area contributed by atoms with E-state index in [2.05, 4.69) is 68.6 Å². The summed E-state index contributed by atoms with van der Waals surface area (Å²) in [5.74, 6) is 0.873. The first-order chi connectivity index (χ1) is 17.2. The fraction of sp³-hybridized carbons (Fsp3) is 0.333. The van der Waals surface area contributed by atoms with Crippen LogP contribution in [0.25, 0.3) is 5.69 Å². The number of hydrogen-bond acceptors (Lipinski definition) is 7. The average molecular weight is 489 g/mol. The number of thiazole rings is 1. The molecular weight excluding hydrogens is 456 g/mol. The smallest absolute Gasteiger partial charge is 0.186 e. The summed E-state index contributed by atoms with van der Waals surface area (Å²) in [6.45, 7) is 6.84. The standard InChI is InChI=1S/C27H32N6OS/c1-30-12-14-31(15-13-30)20-24-21-35-27(29-24)32(19-23-7-4-9-26(17-23)34-2)18-22-6-3-8-25(16-22)33-11-5-10-28-33/h3-11,16-17,21H,12-15,18-20H2,1-2H3. The minimum Gasteiger partial charge on any atom is -0.497 e. The van der Waals surface area contributed by atoms with E-state index >= 15 is 0 Å². The predicted octanol–water partition coefficient (Wildman–Crippen LogP) is 4.29.